The van der Waals surface area contributed by atoms with Crippen molar-refractivity contribution < 1.29 is 14.0 Å². The molecular formula is C22H23ClFN3O2. The number of nitrogens with one attached hydrogen (secondary N) is 1. The molecular weight excluding hydrogens is 393 g/mol. The number of hydrogen-bond donors (Lipinski definition) is 1. The van der Waals surface area contributed by atoms with E-state index in [1.165, 1.54) is 18.2 Å². The number of benzene rings is 2. The molecule has 0 radical (unpaired) electrons. The lowest BCUT2D eigenvalue weighted by atomic mass is 10.1. The summed E-state index contributed by atoms with van der Waals surface area (Å²) in [5.74, 6) is -0.783. The van der Waals surface area contributed by atoms with Crippen LogP contribution in [0.15, 0.2) is 54.6 Å². The van der Waals surface area contributed by atoms with Gasteiger partial charge in [0.2, 0.25) is 11.8 Å². The van der Waals surface area contributed by atoms with Crippen LogP contribution in [-0.4, -0.2) is 49.4 Å². The number of rotatable bonds is 5. The molecule has 3 rings (SSSR count). The summed E-state index contributed by atoms with van der Waals surface area (Å²) in [6.07, 6.45) is 1.42. The number of nitrogens with zero attached hydrogens (tertiary/aromatic N) is 2. The van der Waals surface area contributed by atoms with Gasteiger partial charge >= 0.3 is 0 Å². The molecule has 2 aromatic carbocycles. The van der Waals surface area contributed by atoms with Crippen LogP contribution in [0.2, 0.25) is 5.02 Å². The molecule has 1 fully saturated rings. The maximum atomic E-state index is 13.0. The quantitative estimate of drug-likeness (QED) is 0.762. The van der Waals surface area contributed by atoms with Crippen LogP contribution in [0, 0.1) is 5.82 Å². The van der Waals surface area contributed by atoms with Gasteiger partial charge in [0.1, 0.15) is 5.82 Å². The van der Waals surface area contributed by atoms with Gasteiger partial charge in [-0.05, 0) is 54.5 Å². The molecule has 29 heavy (non-hydrogen) atoms. The van der Waals surface area contributed by atoms with Crippen molar-refractivity contribution in [2.75, 3.05) is 37.6 Å². The third-order valence-corrected chi connectivity index (χ3v) is 5.14. The zero-order valence-corrected chi connectivity index (χ0v) is 17.0. The Hall–Kier alpha value is -2.86. The minimum atomic E-state index is -0.347. The van der Waals surface area contributed by atoms with Crippen molar-refractivity contribution in [1.82, 2.24) is 10.2 Å². The van der Waals surface area contributed by atoms with E-state index < -0.39 is 0 Å². The van der Waals surface area contributed by atoms with Crippen LogP contribution in [0.4, 0.5) is 10.1 Å². The number of allylic oxidation sites excluding steroid dienone is 1. The highest BCUT2D eigenvalue weighted by Gasteiger charge is 2.21. The number of carbonyl (C=O) groups is 2. The van der Waals surface area contributed by atoms with Crippen molar-refractivity contribution in [2.45, 2.75) is 6.92 Å². The van der Waals surface area contributed by atoms with Crippen molar-refractivity contribution in [1.29, 1.82) is 0 Å². The van der Waals surface area contributed by atoms with E-state index in [9.17, 15) is 14.0 Å². The molecule has 0 bridgehead atoms. The lowest BCUT2D eigenvalue weighted by molar-refractivity contribution is -0.132. The summed E-state index contributed by atoms with van der Waals surface area (Å²) in [5.41, 5.74) is 2.54. The molecule has 1 saturated heterocycles. The summed E-state index contributed by atoms with van der Waals surface area (Å²) < 4.78 is 13.0. The van der Waals surface area contributed by atoms with E-state index >= 15 is 0 Å². The molecule has 0 atom stereocenters. The minimum Gasteiger partial charge on any atom is -0.368 e. The number of carbonyl (C=O) groups excluding carboxylic acids is 2. The predicted molar refractivity (Wildman–Crippen MR) is 113 cm³/mol. The largest absolute Gasteiger partial charge is 0.368 e. The fourth-order valence-corrected chi connectivity index (χ4v) is 3.31. The summed E-state index contributed by atoms with van der Waals surface area (Å²) in [6.45, 7) is 4.37. The number of halogens is 2. The molecule has 0 saturated carbocycles. The van der Waals surface area contributed by atoms with E-state index in [1.54, 1.807) is 24.0 Å². The zero-order chi connectivity index (χ0) is 20.8. The second-order valence-corrected chi connectivity index (χ2v) is 7.33. The maximum absolute atomic E-state index is 13.0. The first-order valence-electron chi connectivity index (χ1n) is 9.43. The molecule has 1 heterocycles. The van der Waals surface area contributed by atoms with Gasteiger partial charge in [-0.1, -0.05) is 23.7 Å². The van der Waals surface area contributed by atoms with E-state index in [2.05, 4.69) is 10.2 Å². The average Bonchev–Trinajstić information content (AvgIpc) is 2.73. The van der Waals surface area contributed by atoms with Crippen LogP contribution in [0.3, 0.4) is 0 Å². The van der Waals surface area contributed by atoms with E-state index in [-0.39, 0.29) is 24.2 Å². The lowest BCUT2D eigenvalue weighted by Crippen LogP contribution is -2.51. The van der Waals surface area contributed by atoms with Crippen LogP contribution in [-0.2, 0) is 9.59 Å². The predicted octanol–water partition coefficient (Wildman–Crippen LogP) is 3.35. The molecule has 0 spiro atoms. The van der Waals surface area contributed by atoms with Crippen LogP contribution in [0.5, 0.6) is 0 Å². The molecule has 1 aliphatic rings. The minimum absolute atomic E-state index is 0.0486. The maximum Gasteiger partial charge on any atom is 0.244 e. The van der Waals surface area contributed by atoms with Gasteiger partial charge in [-0.3, -0.25) is 9.59 Å². The molecule has 5 nitrogen and oxygen atoms in total. The Kier molecular flexibility index (Phi) is 6.88. The zero-order valence-electron chi connectivity index (χ0n) is 16.2. The van der Waals surface area contributed by atoms with Crippen LogP contribution >= 0.6 is 11.6 Å². The van der Waals surface area contributed by atoms with Crippen molar-refractivity contribution in [3.8, 4) is 0 Å². The summed E-state index contributed by atoms with van der Waals surface area (Å²) in [4.78, 5) is 28.4. The van der Waals surface area contributed by atoms with Crippen LogP contribution in [0.25, 0.3) is 5.57 Å². The van der Waals surface area contributed by atoms with Gasteiger partial charge in [0, 0.05) is 43.0 Å². The van der Waals surface area contributed by atoms with Crippen molar-refractivity contribution in [2.24, 2.45) is 0 Å². The van der Waals surface area contributed by atoms with Gasteiger partial charge in [-0.25, -0.2) is 4.39 Å². The molecule has 2 aromatic rings. The first-order valence-corrected chi connectivity index (χ1v) is 9.80. The molecule has 0 unspecified atom stereocenters. The third-order valence-electron chi connectivity index (χ3n) is 4.89. The van der Waals surface area contributed by atoms with Gasteiger partial charge < -0.3 is 15.1 Å². The smallest absolute Gasteiger partial charge is 0.244 e. The highest BCUT2D eigenvalue weighted by Crippen LogP contribution is 2.19. The van der Waals surface area contributed by atoms with Crippen molar-refractivity contribution in [3.63, 3.8) is 0 Å². The van der Waals surface area contributed by atoms with Crippen molar-refractivity contribution >= 4 is 34.7 Å². The normalized spacial score (nSPS) is 14.7. The molecule has 1 aliphatic heterocycles. The second-order valence-electron chi connectivity index (χ2n) is 6.90. The standard InChI is InChI=1S/C22H23ClFN3O2/c1-16(17-2-6-19(24)7-3-17)14-21(28)25-15-22(29)27-12-10-26(11-13-27)20-8-4-18(23)5-9-20/h2-9,14H,10-13,15H2,1H3,(H,25,28)/b16-14-. The van der Waals surface area contributed by atoms with Gasteiger partial charge in [0.05, 0.1) is 6.54 Å². The highest BCUT2D eigenvalue weighted by atomic mass is 35.5. The Bertz CT molecular complexity index is 889. The second kappa shape index (κ2) is 9.56. The van der Waals surface area contributed by atoms with Crippen LogP contribution < -0.4 is 10.2 Å². The Morgan fingerprint density at radius 1 is 1.03 bits per heavy atom. The van der Waals surface area contributed by atoms with Gasteiger partial charge in [0.25, 0.3) is 0 Å². The Balaban J connectivity index is 1.46. The summed E-state index contributed by atoms with van der Waals surface area (Å²) >= 11 is 5.92. The Labute approximate surface area is 174 Å². The fraction of sp³-hybridized carbons (Fsp3) is 0.273. The lowest BCUT2D eigenvalue weighted by Gasteiger charge is -2.36. The highest BCUT2D eigenvalue weighted by molar-refractivity contribution is 6.30. The molecule has 2 amide bonds. The summed E-state index contributed by atoms with van der Waals surface area (Å²) in [5, 5.41) is 3.33. The van der Waals surface area contributed by atoms with Crippen LogP contribution in [0.1, 0.15) is 12.5 Å². The van der Waals surface area contributed by atoms with Gasteiger partial charge in [-0.2, -0.15) is 0 Å². The molecule has 152 valence electrons. The molecule has 0 aliphatic carbocycles. The topological polar surface area (TPSA) is 52.7 Å². The van der Waals surface area contributed by atoms with E-state index in [0.29, 0.717) is 23.7 Å². The molecule has 0 aromatic heterocycles. The average molecular weight is 416 g/mol. The number of anilines is 1. The van der Waals surface area contributed by atoms with E-state index in [1.807, 2.05) is 24.3 Å². The Morgan fingerprint density at radius 2 is 1.66 bits per heavy atom. The third kappa shape index (κ3) is 5.81. The number of amides is 2. The summed E-state index contributed by atoms with van der Waals surface area (Å²) in [7, 11) is 0. The van der Waals surface area contributed by atoms with E-state index in [4.69, 9.17) is 11.6 Å². The number of hydrogen-bond acceptors (Lipinski definition) is 3. The first-order chi connectivity index (χ1) is 13.9. The summed E-state index contributed by atoms with van der Waals surface area (Å²) in [6, 6.07) is 13.6. The molecule has 7 heteroatoms. The number of piperazine rings is 1. The van der Waals surface area contributed by atoms with Gasteiger partial charge in [-0.15, -0.1) is 0 Å². The SMILES string of the molecule is C/C(=C/C(=O)NCC(=O)N1CCN(c2ccc(Cl)cc2)CC1)c1ccc(F)cc1. The molecule has 1 N–H and O–H groups in total. The monoisotopic (exact) mass is 415 g/mol. The first kappa shape index (κ1) is 20.9. The van der Waals surface area contributed by atoms with Crippen molar-refractivity contribution in [3.05, 3.63) is 71.0 Å². The Morgan fingerprint density at radius 3 is 2.28 bits per heavy atom. The van der Waals surface area contributed by atoms with E-state index in [0.717, 1.165) is 24.3 Å². The fourth-order valence-electron chi connectivity index (χ4n) is 3.18. The van der Waals surface area contributed by atoms with Gasteiger partial charge in [0.15, 0.2) is 0 Å².